The molecule has 2 saturated heterocycles. The molecular weight excluding hydrogens is 316 g/mol. The molecule has 2 aromatic heterocycles. The SMILES string of the molecule is Cc1ccc(N2CC3(CC(OCc4cccc(C)n4)CCO3)C2)nn1. The van der Waals surface area contributed by atoms with Crippen LogP contribution in [0.3, 0.4) is 0 Å². The maximum absolute atomic E-state index is 6.12. The Labute approximate surface area is 148 Å². The van der Waals surface area contributed by atoms with Gasteiger partial charge in [0.15, 0.2) is 5.82 Å². The summed E-state index contributed by atoms with van der Waals surface area (Å²) in [5.74, 6) is 0.923. The van der Waals surface area contributed by atoms with Gasteiger partial charge in [-0.05, 0) is 44.5 Å². The van der Waals surface area contributed by atoms with Crippen molar-refractivity contribution in [3.8, 4) is 0 Å². The highest BCUT2D eigenvalue weighted by Crippen LogP contribution is 2.37. The van der Waals surface area contributed by atoms with Crippen molar-refractivity contribution in [3.05, 3.63) is 47.4 Å². The van der Waals surface area contributed by atoms with Gasteiger partial charge in [-0.2, -0.15) is 5.10 Å². The maximum atomic E-state index is 6.12. The molecule has 0 N–H and O–H groups in total. The van der Waals surface area contributed by atoms with Gasteiger partial charge < -0.3 is 14.4 Å². The first-order valence-electron chi connectivity index (χ1n) is 8.85. The number of anilines is 1. The minimum atomic E-state index is -0.102. The van der Waals surface area contributed by atoms with Crippen molar-refractivity contribution in [2.24, 2.45) is 0 Å². The zero-order valence-corrected chi connectivity index (χ0v) is 14.8. The lowest BCUT2D eigenvalue weighted by molar-refractivity contribution is -0.148. The minimum Gasteiger partial charge on any atom is -0.372 e. The maximum Gasteiger partial charge on any atom is 0.151 e. The Bertz CT molecular complexity index is 728. The number of ether oxygens (including phenoxy) is 2. The molecule has 6 nitrogen and oxygen atoms in total. The molecule has 1 atom stereocenters. The molecule has 0 radical (unpaired) electrons. The summed E-state index contributed by atoms with van der Waals surface area (Å²) in [4.78, 5) is 6.73. The van der Waals surface area contributed by atoms with E-state index in [9.17, 15) is 0 Å². The third-order valence-corrected chi connectivity index (χ3v) is 4.93. The van der Waals surface area contributed by atoms with E-state index < -0.39 is 0 Å². The molecule has 132 valence electrons. The van der Waals surface area contributed by atoms with E-state index >= 15 is 0 Å². The Balaban J connectivity index is 1.32. The van der Waals surface area contributed by atoms with Crippen molar-refractivity contribution in [1.29, 1.82) is 0 Å². The molecular formula is C19H24N4O2. The second-order valence-corrected chi connectivity index (χ2v) is 7.12. The van der Waals surface area contributed by atoms with Crippen molar-refractivity contribution in [2.75, 3.05) is 24.6 Å². The Morgan fingerprint density at radius 2 is 2.04 bits per heavy atom. The number of hydrogen-bond donors (Lipinski definition) is 0. The number of nitrogens with zero attached hydrogens (tertiary/aromatic N) is 4. The Morgan fingerprint density at radius 1 is 1.16 bits per heavy atom. The fourth-order valence-electron chi connectivity index (χ4n) is 3.60. The molecule has 25 heavy (non-hydrogen) atoms. The Kier molecular flexibility index (Phi) is 4.39. The van der Waals surface area contributed by atoms with Crippen molar-refractivity contribution >= 4 is 5.82 Å². The van der Waals surface area contributed by atoms with E-state index in [2.05, 4.69) is 20.1 Å². The highest BCUT2D eigenvalue weighted by Gasteiger charge is 2.48. The summed E-state index contributed by atoms with van der Waals surface area (Å²) in [5.41, 5.74) is 2.85. The first-order valence-corrected chi connectivity index (χ1v) is 8.85. The molecule has 2 fully saturated rings. The Hall–Kier alpha value is -2.05. The summed E-state index contributed by atoms with van der Waals surface area (Å²) >= 11 is 0. The molecule has 0 aliphatic carbocycles. The van der Waals surface area contributed by atoms with Crippen LogP contribution in [0.1, 0.15) is 29.9 Å². The number of aryl methyl sites for hydroxylation is 2. The summed E-state index contributed by atoms with van der Waals surface area (Å²) in [5, 5.41) is 8.40. The molecule has 6 heteroatoms. The molecule has 0 bridgehead atoms. The Morgan fingerprint density at radius 3 is 2.80 bits per heavy atom. The van der Waals surface area contributed by atoms with E-state index in [1.807, 2.05) is 44.2 Å². The van der Waals surface area contributed by atoms with Crippen molar-refractivity contribution in [2.45, 2.75) is 45.0 Å². The van der Waals surface area contributed by atoms with Gasteiger partial charge in [-0.15, -0.1) is 5.10 Å². The molecule has 0 aromatic carbocycles. The summed E-state index contributed by atoms with van der Waals surface area (Å²) in [6.45, 7) is 6.98. The topological polar surface area (TPSA) is 60.4 Å². The number of rotatable bonds is 4. The third kappa shape index (κ3) is 3.65. The van der Waals surface area contributed by atoms with Crippen LogP contribution < -0.4 is 4.90 Å². The lowest BCUT2D eigenvalue weighted by Crippen LogP contribution is -2.66. The number of hydrogen-bond acceptors (Lipinski definition) is 6. The van der Waals surface area contributed by atoms with E-state index in [1.54, 1.807) is 0 Å². The van der Waals surface area contributed by atoms with E-state index in [-0.39, 0.29) is 11.7 Å². The standard InChI is InChI=1S/C19H24N4O2/c1-14-4-3-5-16(20-14)11-24-17-8-9-25-19(10-17)12-23(13-19)18-7-6-15(2)21-22-18/h3-7,17H,8-13H2,1-2H3. The lowest BCUT2D eigenvalue weighted by atomic mass is 9.84. The van der Waals surface area contributed by atoms with Crippen LogP contribution in [0.2, 0.25) is 0 Å². The highest BCUT2D eigenvalue weighted by molar-refractivity contribution is 5.43. The van der Waals surface area contributed by atoms with Gasteiger partial charge in [0.2, 0.25) is 0 Å². The van der Waals surface area contributed by atoms with Crippen molar-refractivity contribution < 1.29 is 9.47 Å². The van der Waals surface area contributed by atoms with Crippen LogP contribution in [-0.4, -0.2) is 46.6 Å². The molecule has 2 aliphatic heterocycles. The van der Waals surface area contributed by atoms with E-state index in [0.717, 1.165) is 55.4 Å². The molecule has 4 rings (SSSR count). The summed E-state index contributed by atoms with van der Waals surface area (Å²) in [6, 6.07) is 10.1. The van der Waals surface area contributed by atoms with Gasteiger partial charge in [-0.1, -0.05) is 6.07 Å². The first-order chi connectivity index (χ1) is 12.1. The average molecular weight is 340 g/mol. The zero-order valence-electron chi connectivity index (χ0n) is 14.8. The van der Waals surface area contributed by atoms with Crippen LogP contribution in [0.4, 0.5) is 5.82 Å². The predicted octanol–water partition coefficient (Wildman–Crippen LogP) is 2.44. The van der Waals surface area contributed by atoms with E-state index in [1.165, 1.54) is 0 Å². The predicted molar refractivity (Wildman–Crippen MR) is 94.5 cm³/mol. The summed E-state index contributed by atoms with van der Waals surface area (Å²) in [7, 11) is 0. The molecule has 2 aliphatic rings. The van der Waals surface area contributed by atoms with Gasteiger partial charge in [-0.3, -0.25) is 4.98 Å². The second kappa shape index (κ2) is 6.69. The first kappa shape index (κ1) is 16.4. The minimum absolute atomic E-state index is 0.102. The quantitative estimate of drug-likeness (QED) is 0.852. The van der Waals surface area contributed by atoms with Crippen LogP contribution in [0.15, 0.2) is 30.3 Å². The van der Waals surface area contributed by atoms with Gasteiger partial charge in [0, 0.05) is 18.7 Å². The smallest absolute Gasteiger partial charge is 0.151 e. The fourth-order valence-corrected chi connectivity index (χ4v) is 3.60. The molecule has 2 aromatic rings. The molecule has 1 spiro atoms. The molecule has 0 saturated carbocycles. The van der Waals surface area contributed by atoms with Gasteiger partial charge >= 0.3 is 0 Å². The van der Waals surface area contributed by atoms with Gasteiger partial charge in [0.1, 0.15) is 5.60 Å². The van der Waals surface area contributed by atoms with Gasteiger partial charge in [0.25, 0.3) is 0 Å². The molecule has 0 amide bonds. The van der Waals surface area contributed by atoms with Crippen molar-refractivity contribution in [3.63, 3.8) is 0 Å². The van der Waals surface area contributed by atoms with Gasteiger partial charge in [-0.25, -0.2) is 0 Å². The van der Waals surface area contributed by atoms with E-state index in [0.29, 0.717) is 6.61 Å². The average Bonchev–Trinajstić information content (AvgIpc) is 2.59. The highest BCUT2D eigenvalue weighted by atomic mass is 16.5. The summed E-state index contributed by atoms with van der Waals surface area (Å²) in [6.07, 6.45) is 2.09. The fraction of sp³-hybridized carbons (Fsp3) is 0.526. The van der Waals surface area contributed by atoms with Crippen LogP contribution in [0, 0.1) is 13.8 Å². The van der Waals surface area contributed by atoms with Crippen molar-refractivity contribution in [1.82, 2.24) is 15.2 Å². The largest absolute Gasteiger partial charge is 0.372 e. The lowest BCUT2D eigenvalue weighted by Gasteiger charge is -2.53. The van der Waals surface area contributed by atoms with Crippen LogP contribution in [0.25, 0.3) is 0 Å². The second-order valence-electron chi connectivity index (χ2n) is 7.12. The zero-order chi connectivity index (χ0) is 17.3. The third-order valence-electron chi connectivity index (χ3n) is 4.93. The van der Waals surface area contributed by atoms with Gasteiger partial charge in [0.05, 0.1) is 37.2 Å². The number of pyridine rings is 1. The van der Waals surface area contributed by atoms with E-state index in [4.69, 9.17) is 9.47 Å². The van der Waals surface area contributed by atoms with Crippen LogP contribution >= 0.6 is 0 Å². The monoisotopic (exact) mass is 340 g/mol. The molecule has 4 heterocycles. The number of aromatic nitrogens is 3. The van der Waals surface area contributed by atoms with Crippen LogP contribution in [-0.2, 0) is 16.1 Å². The normalized spacial score (nSPS) is 22.0. The molecule has 1 unspecified atom stereocenters. The van der Waals surface area contributed by atoms with Crippen LogP contribution in [0.5, 0.6) is 0 Å². The summed E-state index contributed by atoms with van der Waals surface area (Å²) < 4.78 is 12.2.